The lowest BCUT2D eigenvalue weighted by Crippen LogP contribution is -2.40. The van der Waals surface area contributed by atoms with Crippen molar-refractivity contribution >= 4 is 6.09 Å². The van der Waals surface area contributed by atoms with E-state index in [0.29, 0.717) is 33.0 Å². The topological polar surface area (TPSA) is 60.5 Å². The summed E-state index contributed by atoms with van der Waals surface area (Å²) in [7, 11) is 2.13. The largest absolute Gasteiger partial charge is 0.449 e. The fourth-order valence-electron chi connectivity index (χ4n) is 5.51. The van der Waals surface area contributed by atoms with Crippen LogP contribution in [0.2, 0.25) is 0 Å². The maximum atomic E-state index is 11.0. The van der Waals surface area contributed by atoms with Gasteiger partial charge in [0.25, 0.3) is 0 Å². The molecule has 3 unspecified atom stereocenters. The van der Waals surface area contributed by atoms with Crippen LogP contribution in [0, 0.1) is 0 Å². The average Bonchev–Trinajstić information content (AvgIpc) is 3.43. The molecule has 0 N–H and O–H groups in total. The molecule has 2 aliphatic heterocycles. The summed E-state index contributed by atoms with van der Waals surface area (Å²) in [6, 6.07) is 31.1. The molecule has 5 rings (SSSR count). The van der Waals surface area contributed by atoms with Crippen molar-refractivity contribution in [3.05, 3.63) is 120 Å². The Hall–Kier alpha value is -3.49. The standard InChI is InChI=1S/C27H31NO3.C8H15NO2.C6H12/c1-28-17-26(30-19-23-13-7-3-8-14-23)27(31-20-24-15-9-4-10-16-24)25(28)21-29-18-22-11-5-2-6-12-22;1-2-3-5-9-6-4-7-11-8(9)10;1-3-5-6-4-2/h2-16,25-27H,17-21H2,1H3;2-7H2,1H3;3,5H,4,6H2,1-2H3/b;;5-3+. The summed E-state index contributed by atoms with van der Waals surface area (Å²) in [6.07, 6.45) is 9.77. The van der Waals surface area contributed by atoms with E-state index in [9.17, 15) is 4.79 Å². The molecule has 48 heavy (non-hydrogen) atoms. The quantitative estimate of drug-likeness (QED) is 0.152. The Kier molecular flexibility index (Phi) is 19.3. The molecular weight excluding hydrogens is 600 g/mol. The molecule has 7 heteroatoms. The molecule has 2 saturated heterocycles. The van der Waals surface area contributed by atoms with Crippen LogP contribution in [0.3, 0.4) is 0 Å². The monoisotopic (exact) mass is 658 g/mol. The van der Waals surface area contributed by atoms with Gasteiger partial charge >= 0.3 is 6.09 Å². The van der Waals surface area contributed by atoms with Crippen molar-refractivity contribution < 1.29 is 23.7 Å². The number of cyclic esters (lactones) is 1. The normalized spacial score (nSPS) is 19.3. The molecule has 0 radical (unpaired) electrons. The fourth-order valence-corrected chi connectivity index (χ4v) is 5.51. The summed E-state index contributed by atoms with van der Waals surface area (Å²) >= 11 is 0. The van der Waals surface area contributed by atoms with Crippen molar-refractivity contribution in [1.82, 2.24) is 9.80 Å². The van der Waals surface area contributed by atoms with Gasteiger partial charge in [-0.2, -0.15) is 0 Å². The highest BCUT2D eigenvalue weighted by atomic mass is 16.6. The van der Waals surface area contributed by atoms with Crippen LogP contribution in [0.1, 0.15) is 69.6 Å². The first-order valence-electron chi connectivity index (χ1n) is 17.7. The minimum Gasteiger partial charge on any atom is -0.449 e. The fraction of sp³-hybridized carbons (Fsp3) is 0.488. The lowest BCUT2D eigenvalue weighted by atomic mass is 10.1. The van der Waals surface area contributed by atoms with Gasteiger partial charge in [-0.3, -0.25) is 4.90 Å². The Balaban J connectivity index is 0.000000302. The van der Waals surface area contributed by atoms with E-state index in [1.54, 1.807) is 4.90 Å². The van der Waals surface area contributed by atoms with E-state index in [1.807, 2.05) is 54.6 Å². The number of carbonyl (C=O) groups excluding carboxylic acids is 1. The zero-order valence-electron chi connectivity index (χ0n) is 29.7. The highest BCUT2D eigenvalue weighted by Crippen LogP contribution is 2.25. The van der Waals surface area contributed by atoms with E-state index >= 15 is 0 Å². The predicted molar refractivity (Wildman–Crippen MR) is 195 cm³/mol. The molecule has 0 saturated carbocycles. The second-order valence-corrected chi connectivity index (χ2v) is 12.3. The van der Waals surface area contributed by atoms with E-state index < -0.39 is 0 Å². The van der Waals surface area contributed by atoms with Crippen LogP contribution >= 0.6 is 0 Å². The number of unbranched alkanes of at least 4 members (excludes halogenated alkanes) is 2. The first kappa shape index (κ1) is 39.0. The Morgan fingerprint density at radius 1 is 0.812 bits per heavy atom. The van der Waals surface area contributed by atoms with Gasteiger partial charge in [0.05, 0.1) is 45.2 Å². The van der Waals surface area contributed by atoms with Crippen molar-refractivity contribution in [2.75, 3.05) is 39.9 Å². The maximum Gasteiger partial charge on any atom is 0.409 e. The van der Waals surface area contributed by atoms with Crippen LogP contribution in [0.25, 0.3) is 0 Å². The highest BCUT2D eigenvalue weighted by molar-refractivity contribution is 5.68. The first-order chi connectivity index (χ1) is 23.5. The molecule has 1 amide bonds. The summed E-state index contributed by atoms with van der Waals surface area (Å²) in [6.45, 7) is 11.9. The van der Waals surface area contributed by atoms with Gasteiger partial charge in [0.2, 0.25) is 0 Å². The zero-order valence-corrected chi connectivity index (χ0v) is 29.7. The van der Waals surface area contributed by atoms with Crippen LogP contribution in [0.5, 0.6) is 0 Å². The predicted octanol–water partition coefficient (Wildman–Crippen LogP) is 8.68. The van der Waals surface area contributed by atoms with Gasteiger partial charge in [-0.05, 0) is 49.9 Å². The van der Waals surface area contributed by atoms with Gasteiger partial charge in [0.1, 0.15) is 6.10 Å². The van der Waals surface area contributed by atoms with Gasteiger partial charge in [-0.25, -0.2) is 4.79 Å². The molecule has 0 aliphatic carbocycles. The van der Waals surface area contributed by atoms with Crippen molar-refractivity contribution in [1.29, 1.82) is 0 Å². The molecule has 3 aromatic rings. The molecule has 2 aliphatic rings. The molecule has 0 aromatic heterocycles. The summed E-state index contributed by atoms with van der Waals surface area (Å²) in [4.78, 5) is 15.1. The van der Waals surface area contributed by atoms with Crippen LogP contribution in [0.4, 0.5) is 4.79 Å². The number of likely N-dealkylation sites (tertiary alicyclic amines) is 1. The minimum atomic E-state index is -0.135. The number of allylic oxidation sites excluding steroid dienone is 2. The molecule has 0 bridgehead atoms. The number of ether oxygens (including phenoxy) is 4. The average molecular weight is 659 g/mol. The summed E-state index contributed by atoms with van der Waals surface area (Å²) < 4.78 is 23.7. The van der Waals surface area contributed by atoms with E-state index in [2.05, 4.69) is 81.3 Å². The molecule has 3 atom stereocenters. The van der Waals surface area contributed by atoms with Crippen molar-refractivity contribution in [2.24, 2.45) is 0 Å². The van der Waals surface area contributed by atoms with Crippen molar-refractivity contribution in [3.63, 3.8) is 0 Å². The van der Waals surface area contributed by atoms with Gasteiger partial charge in [-0.1, -0.05) is 130 Å². The van der Waals surface area contributed by atoms with E-state index in [4.69, 9.17) is 18.9 Å². The van der Waals surface area contributed by atoms with Gasteiger partial charge in [0, 0.05) is 19.6 Å². The SMILES string of the molecule is C/C=C/CCC.CCCCN1CCCOC1=O.CN1CC(OCc2ccccc2)C(OCc2ccccc2)C1COCc1ccccc1. The zero-order chi connectivity index (χ0) is 34.2. The Labute approximate surface area is 289 Å². The molecule has 262 valence electrons. The van der Waals surface area contributed by atoms with Crippen LogP contribution in [-0.2, 0) is 38.8 Å². The Morgan fingerprint density at radius 3 is 1.92 bits per heavy atom. The Bertz CT molecular complexity index is 1260. The number of rotatable bonds is 15. The van der Waals surface area contributed by atoms with Gasteiger partial charge in [-0.15, -0.1) is 0 Å². The second-order valence-electron chi connectivity index (χ2n) is 12.3. The second kappa shape index (κ2) is 23.8. The number of hydrogen-bond acceptors (Lipinski definition) is 6. The number of hydrogen-bond donors (Lipinski definition) is 0. The minimum absolute atomic E-state index is 0.000700. The van der Waals surface area contributed by atoms with Crippen molar-refractivity contribution in [2.45, 2.75) is 90.9 Å². The molecule has 3 aromatic carbocycles. The highest BCUT2D eigenvalue weighted by Gasteiger charge is 2.41. The number of amides is 1. The molecular formula is C41H58N2O5. The first-order valence-corrected chi connectivity index (χ1v) is 17.7. The smallest absolute Gasteiger partial charge is 0.409 e. The van der Waals surface area contributed by atoms with E-state index in [-0.39, 0.29) is 24.3 Å². The molecule has 7 nitrogen and oxygen atoms in total. The third-order valence-electron chi connectivity index (χ3n) is 8.30. The Morgan fingerprint density at radius 2 is 1.40 bits per heavy atom. The van der Waals surface area contributed by atoms with E-state index in [1.165, 1.54) is 29.5 Å². The van der Waals surface area contributed by atoms with Gasteiger partial charge in [0.15, 0.2) is 0 Å². The third kappa shape index (κ3) is 14.7. The molecule has 0 spiro atoms. The van der Waals surface area contributed by atoms with Crippen LogP contribution in [-0.4, -0.2) is 74.0 Å². The summed E-state index contributed by atoms with van der Waals surface area (Å²) in [5, 5.41) is 0. The third-order valence-corrected chi connectivity index (χ3v) is 8.30. The van der Waals surface area contributed by atoms with Crippen LogP contribution < -0.4 is 0 Å². The lowest BCUT2D eigenvalue weighted by Gasteiger charge is -2.26. The number of likely N-dealkylation sites (N-methyl/N-ethyl adjacent to an activating group) is 1. The number of benzene rings is 3. The van der Waals surface area contributed by atoms with Gasteiger partial charge < -0.3 is 23.8 Å². The van der Waals surface area contributed by atoms with Crippen molar-refractivity contribution in [3.8, 4) is 0 Å². The summed E-state index contributed by atoms with van der Waals surface area (Å²) in [5.41, 5.74) is 3.53. The number of carbonyl (C=O) groups is 1. The maximum absolute atomic E-state index is 11.0. The van der Waals surface area contributed by atoms with Crippen LogP contribution in [0.15, 0.2) is 103 Å². The molecule has 2 heterocycles. The molecule has 2 fully saturated rings. The lowest BCUT2D eigenvalue weighted by molar-refractivity contribution is -0.0811. The summed E-state index contributed by atoms with van der Waals surface area (Å²) in [5.74, 6) is 0. The number of nitrogens with zero attached hydrogens (tertiary/aromatic N) is 2. The van der Waals surface area contributed by atoms with E-state index in [0.717, 1.165) is 38.9 Å².